The van der Waals surface area contributed by atoms with Crippen LogP contribution in [0.2, 0.25) is 0 Å². The van der Waals surface area contributed by atoms with Gasteiger partial charge in [0, 0.05) is 18.3 Å². The van der Waals surface area contributed by atoms with Crippen LogP contribution in [0.1, 0.15) is 11.4 Å². The van der Waals surface area contributed by atoms with Gasteiger partial charge in [-0.05, 0) is 24.3 Å². The molecule has 0 amide bonds. The first-order valence-corrected chi connectivity index (χ1v) is 5.07. The number of alkyl halides is 3. The largest absolute Gasteiger partial charge is 0.433 e. The van der Waals surface area contributed by atoms with Crippen LogP contribution in [0.5, 0.6) is 0 Å². The number of pyridine rings is 1. The van der Waals surface area contributed by atoms with E-state index in [2.05, 4.69) is 15.2 Å². The van der Waals surface area contributed by atoms with Crippen LogP contribution in [0.15, 0.2) is 30.5 Å². The second-order valence-corrected chi connectivity index (χ2v) is 3.54. The summed E-state index contributed by atoms with van der Waals surface area (Å²) < 4.78 is 36.9. The summed E-state index contributed by atoms with van der Waals surface area (Å²) in [6.45, 7) is 0.262. The highest BCUT2D eigenvalue weighted by atomic mass is 19.4. The van der Waals surface area contributed by atoms with E-state index in [0.29, 0.717) is 17.0 Å². The molecule has 0 fully saturated rings. The van der Waals surface area contributed by atoms with Gasteiger partial charge in [-0.15, -0.1) is 0 Å². The fourth-order valence-corrected chi connectivity index (χ4v) is 1.34. The van der Waals surface area contributed by atoms with Crippen LogP contribution in [-0.2, 0) is 12.7 Å². The average Bonchev–Trinajstić information content (AvgIpc) is 2.38. The molecule has 18 heavy (non-hydrogen) atoms. The highest BCUT2D eigenvalue weighted by Crippen LogP contribution is 2.28. The van der Waals surface area contributed by atoms with Gasteiger partial charge in [0.2, 0.25) is 0 Å². The Bertz CT molecular complexity index is 519. The lowest BCUT2D eigenvalue weighted by Gasteiger charge is -2.06. The summed E-state index contributed by atoms with van der Waals surface area (Å²) in [5.41, 5.74) is 5.97. The van der Waals surface area contributed by atoms with Gasteiger partial charge in [0.1, 0.15) is 5.69 Å². The zero-order valence-corrected chi connectivity index (χ0v) is 9.15. The molecule has 94 valence electrons. The van der Waals surface area contributed by atoms with E-state index in [4.69, 9.17) is 5.73 Å². The van der Waals surface area contributed by atoms with E-state index in [9.17, 15) is 13.2 Å². The maximum Gasteiger partial charge on any atom is 0.433 e. The minimum Gasteiger partial charge on any atom is -0.325 e. The van der Waals surface area contributed by atoms with Gasteiger partial charge in [-0.25, -0.2) is 0 Å². The molecule has 0 radical (unpaired) electrons. The molecular weight excluding hydrogens is 245 g/mol. The van der Waals surface area contributed by atoms with Crippen molar-refractivity contribution in [3.05, 3.63) is 41.9 Å². The number of nitrogens with zero attached hydrogens (tertiary/aromatic N) is 3. The van der Waals surface area contributed by atoms with Gasteiger partial charge in [0.25, 0.3) is 0 Å². The maximum absolute atomic E-state index is 12.3. The zero-order chi connectivity index (χ0) is 13.2. The summed E-state index contributed by atoms with van der Waals surface area (Å²) in [5, 5.41) is 7.68. The molecule has 2 aromatic rings. The third-order valence-electron chi connectivity index (χ3n) is 2.28. The molecule has 0 atom stereocenters. The number of nitrogens with two attached hydrogens (primary N) is 1. The lowest BCUT2D eigenvalue weighted by atomic mass is 10.2. The fourth-order valence-electron chi connectivity index (χ4n) is 1.34. The van der Waals surface area contributed by atoms with Crippen LogP contribution in [0.25, 0.3) is 11.3 Å². The maximum atomic E-state index is 12.3. The number of halogens is 3. The highest BCUT2D eigenvalue weighted by Gasteiger charge is 2.32. The molecule has 4 nitrogen and oxygen atoms in total. The van der Waals surface area contributed by atoms with Gasteiger partial charge >= 0.3 is 6.18 Å². The summed E-state index contributed by atoms with van der Waals surface area (Å²) in [5.74, 6) is 0. The van der Waals surface area contributed by atoms with Crippen molar-refractivity contribution in [3.8, 4) is 11.3 Å². The number of aromatic nitrogens is 3. The smallest absolute Gasteiger partial charge is 0.325 e. The van der Waals surface area contributed by atoms with Gasteiger partial charge in [-0.2, -0.15) is 23.4 Å². The Kier molecular flexibility index (Phi) is 3.24. The first-order chi connectivity index (χ1) is 8.50. The van der Waals surface area contributed by atoms with Gasteiger partial charge in [0.15, 0.2) is 0 Å². The molecule has 0 aromatic carbocycles. The summed E-state index contributed by atoms with van der Waals surface area (Å²) >= 11 is 0. The van der Waals surface area contributed by atoms with Crippen molar-refractivity contribution in [2.45, 2.75) is 12.7 Å². The third kappa shape index (κ3) is 2.62. The Morgan fingerprint density at radius 3 is 2.28 bits per heavy atom. The Morgan fingerprint density at radius 2 is 1.83 bits per heavy atom. The predicted molar refractivity (Wildman–Crippen MR) is 58.2 cm³/mol. The topological polar surface area (TPSA) is 64.7 Å². The average molecular weight is 254 g/mol. The van der Waals surface area contributed by atoms with Crippen LogP contribution in [0.4, 0.5) is 13.2 Å². The molecule has 2 heterocycles. The molecule has 0 aliphatic heterocycles. The Labute approximate surface area is 101 Å². The minimum absolute atomic E-state index is 0.262. The monoisotopic (exact) mass is 254 g/mol. The minimum atomic E-state index is -4.44. The number of rotatable bonds is 2. The standard InChI is InChI=1S/C11H9F3N4/c12-11(13,14)10-4-1-7(6-16-10)9-3-2-8(5-15)17-18-9/h1-4,6H,5,15H2. The van der Waals surface area contributed by atoms with Gasteiger partial charge < -0.3 is 5.73 Å². The van der Waals surface area contributed by atoms with Gasteiger partial charge in [-0.1, -0.05) is 0 Å². The lowest BCUT2D eigenvalue weighted by molar-refractivity contribution is -0.141. The first kappa shape index (κ1) is 12.4. The third-order valence-corrected chi connectivity index (χ3v) is 2.28. The van der Waals surface area contributed by atoms with E-state index in [1.165, 1.54) is 6.07 Å². The molecule has 0 saturated heterocycles. The predicted octanol–water partition coefficient (Wildman–Crippen LogP) is 2.02. The Balaban J connectivity index is 2.28. The lowest BCUT2D eigenvalue weighted by Crippen LogP contribution is -2.07. The van der Waals surface area contributed by atoms with Crippen molar-refractivity contribution in [3.63, 3.8) is 0 Å². The van der Waals surface area contributed by atoms with Crippen molar-refractivity contribution in [2.24, 2.45) is 5.73 Å². The van der Waals surface area contributed by atoms with Crippen molar-refractivity contribution in [2.75, 3.05) is 0 Å². The quantitative estimate of drug-likeness (QED) is 0.890. The molecule has 7 heteroatoms. The molecule has 2 aromatic heterocycles. The summed E-state index contributed by atoms with van der Waals surface area (Å²) in [6, 6.07) is 5.52. The Morgan fingerprint density at radius 1 is 1.06 bits per heavy atom. The molecule has 2 N–H and O–H groups in total. The molecule has 0 bridgehead atoms. The van der Waals surface area contributed by atoms with Crippen LogP contribution >= 0.6 is 0 Å². The van der Waals surface area contributed by atoms with E-state index in [1.54, 1.807) is 12.1 Å². The van der Waals surface area contributed by atoms with Crippen molar-refractivity contribution >= 4 is 0 Å². The number of hydrogen-bond acceptors (Lipinski definition) is 4. The van der Waals surface area contributed by atoms with Crippen molar-refractivity contribution in [1.29, 1.82) is 0 Å². The second kappa shape index (κ2) is 4.69. The normalized spacial score (nSPS) is 11.6. The summed E-state index contributed by atoms with van der Waals surface area (Å²) in [7, 11) is 0. The van der Waals surface area contributed by atoms with E-state index in [-0.39, 0.29) is 6.54 Å². The van der Waals surface area contributed by atoms with Crippen molar-refractivity contribution in [1.82, 2.24) is 15.2 Å². The molecule has 0 aliphatic carbocycles. The molecule has 2 rings (SSSR count). The van der Waals surface area contributed by atoms with Crippen LogP contribution < -0.4 is 5.73 Å². The molecular formula is C11H9F3N4. The molecule has 0 unspecified atom stereocenters. The second-order valence-electron chi connectivity index (χ2n) is 3.54. The van der Waals surface area contributed by atoms with E-state index in [0.717, 1.165) is 12.3 Å². The molecule has 0 saturated carbocycles. The summed E-state index contributed by atoms with van der Waals surface area (Å²) in [4.78, 5) is 3.35. The van der Waals surface area contributed by atoms with Crippen molar-refractivity contribution < 1.29 is 13.2 Å². The van der Waals surface area contributed by atoms with Crippen LogP contribution in [0.3, 0.4) is 0 Å². The zero-order valence-electron chi connectivity index (χ0n) is 9.15. The Hall–Kier alpha value is -2.02. The van der Waals surface area contributed by atoms with E-state index < -0.39 is 11.9 Å². The van der Waals surface area contributed by atoms with Gasteiger partial charge in [-0.3, -0.25) is 4.98 Å². The van der Waals surface area contributed by atoms with Crippen LogP contribution in [-0.4, -0.2) is 15.2 Å². The molecule has 0 spiro atoms. The van der Waals surface area contributed by atoms with E-state index in [1.807, 2.05) is 0 Å². The SMILES string of the molecule is NCc1ccc(-c2ccc(C(F)(F)F)nc2)nn1. The van der Waals surface area contributed by atoms with E-state index >= 15 is 0 Å². The highest BCUT2D eigenvalue weighted by molar-refractivity contribution is 5.57. The van der Waals surface area contributed by atoms with Gasteiger partial charge in [0.05, 0.1) is 11.4 Å². The number of hydrogen-bond donors (Lipinski definition) is 1. The first-order valence-electron chi connectivity index (χ1n) is 5.07. The fraction of sp³-hybridized carbons (Fsp3) is 0.182. The van der Waals surface area contributed by atoms with Crippen LogP contribution in [0, 0.1) is 0 Å². The molecule has 0 aliphatic rings. The summed E-state index contributed by atoms with van der Waals surface area (Å²) in [6.07, 6.45) is -3.32.